The van der Waals surface area contributed by atoms with Crippen molar-refractivity contribution < 1.29 is 38.3 Å². The van der Waals surface area contributed by atoms with E-state index in [1.54, 1.807) is 0 Å². The molecular formula is C22H21N3O9. The van der Waals surface area contributed by atoms with E-state index in [1.807, 2.05) is 0 Å². The molecule has 12 heteroatoms. The van der Waals surface area contributed by atoms with Crippen molar-refractivity contribution in [1.82, 2.24) is 4.90 Å². The topological polar surface area (TPSA) is 154 Å². The van der Waals surface area contributed by atoms with E-state index in [0.29, 0.717) is 13.0 Å². The van der Waals surface area contributed by atoms with Gasteiger partial charge in [0, 0.05) is 32.4 Å². The Morgan fingerprint density at radius 2 is 1.79 bits per heavy atom. The minimum atomic E-state index is -0.906. The molecule has 1 aliphatic heterocycles. The van der Waals surface area contributed by atoms with Gasteiger partial charge in [0.15, 0.2) is 6.61 Å². The van der Waals surface area contributed by atoms with E-state index in [0.717, 1.165) is 4.90 Å². The highest BCUT2D eigenvalue weighted by atomic mass is 16.6. The van der Waals surface area contributed by atoms with Gasteiger partial charge in [-0.05, 0) is 30.7 Å². The molecule has 0 saturated heterocycles. The maximum absolute atomic E-state index is 12.6. The van der Waals surface area contributed by atoms with Crippen LogP contribution in [0, 0.1) is 10.1 Å². The summed E-state index contributed by atoms with van der Waals surface area (Å²) in [4.78, 5) is 61.2. The number of nitro benzene ring substituents is 1. The summed E-state index contributed by atoms with van der Waals surface area (Å²) < 4.78 is 14.9. The number of hydrogen-bond acceptors (Lipinski definition) is 9. The zero-order valence-corrected chi connectivity index (χ0v) is 18.4. The van der Waals surface area contributed by atoms with Crippen LogP contribution in [0.2, 0.25) is 0 Å². The average Bonchev–Trinajstić information content (AvgIpc) is 3.06. The zero-order chi connectivity index (χ0) is 24.8. The van der Waals surface area contributed by atoms with Gasteiger partial charge in [-0.25, -0.2) is 4.79 Å². The van der Waals surface area contributed by atoms with Gasteiger partial charge in [-0.3, -0.25) is 29.4 Å². The Balaban J connectivity index is 1.65. The lowest BCUT2D eigenvalue weighted by Gasteiger charge is -2.12. The number of fused-ring (bicyclic) bond motifs is 1. The number of carbonyl (C=O) groups excluding carboxylic acids is 4. The summed E-state index contributed by atoms with van der Waals surface area (Å²) >= 11 is 0. The first-order valence-electron chi connectivity index (χ1n) is 10.1. The number of methoxy groups -OCH3 is 2. The summed E-state index contributed by atoms with van der Waals surface area (Å²) in [5, 5.41) is 13.5. The largest absolute Gasteiger partial charge is 0.497 e. The number of nitrogens with zero attached hydrogens (tertiary/aromatic N) is 2. The molecule has 2 aromatic carbocycles. The van der Waals surface area contributed by atoms with Gasteiger partial charge in [-0.1, -0.05) is 0 Å². The van der Waals surface area contributed by atoms with Crippen LogP contribution in [-0.4, -0.2) is 67.5 Å². The molecule has 0 radical (unpaired) electrons. The lowest BCUT2D eigenvalue weighted by Crippen LogP contribution is -2.31. The molecule has 0 atom stereocenters. The number of hydrogen-bond donors (Lipinski definition) is 1. The van der Waals surface area contributed by atoms with Crippen LogP contribution in [0.5, 0.6) is 5.75 Å². The summed E-state index contributed by atoms with van der Waals surface area (Å²) in [7, 11) is 2.88. The van der Waals surface area contributed by atoms with Gasteiger partial charge in [0.25, 0.3) is 23.4 Å². The van der Waals surface area contributed by atoms with E-state index in [4.69, 9.17) is 14.2 Å². The van der Waals surface area contributed by atoms with Crippen LogP contribution in [-0.2, 0) is 14.3 Å². The Morgan fingerprint density at radius 3 is 2.47 bits per heavy atom. The van der Waals surface area contributed by atoms with Crippen molar-refractivity contribution in [2.45, 2.75) is 6.42 Å². The second-order valence-electron chi connectivity index (χ2n) is 7.13. The van der Waals surface area contributed by atoms with Crippen molar-refractivity contribution in [3.63, 3.8) is 0 Å². The normalized spacial score (nSPS) is 12.4. The fraction of sp³-hybridized carbons (Fsp3) is 0.273. The number of anilines is 1. The van der Waals surface area contributed by atoms with E-state index in [1.165, 1.54) is 50.6 Å². The lowest BCUT2D eigenvalue weighted by molar-refractivity contribution is -0.383. The van der Waals surface area contributed by atoms with Crippen molar-refractivity contribution in [3.8, 4) is 5.75 Å². The first-order chi connectivity index (χ1) is 16.3. The summed E-state index contributed by atoms with van der Waals surface area (Å²) in [6, 6.07) is 7.70. The Bertz CT molecular complexity index is 1160. The van der Waals surface area contributed by atoms with E-state index in [9.17, 15) is 29.3 Å². The number of rotatable bonds is 10. The van der Waals surface area contributed by atoms with Gasteiger partial charge >= 0.3 is 5.97 Å². The van der Waals surface area contributed by atoms with Gasteiger partial charge in [-0.15, -0.1) is 0 Å². The summed E-state index contributed by atoms with van der Waals surface area (Å²) in [5.74, 6) is -2.44. The maximum Gasteiger partial charge on any atom is 0.338 e. The van der Waals surface area contributed by atoms with Crippen LogP contribution < -0.4 is 10.1 Å². The molecule has 34 heavy (non-hydrogen) atoms. The third kappa shape index (κ3) is 5.18. The second-order valence-corrected chi connectivity index (χ2v) is 7.13. The van der Waals surface area contributed by atoms with Crippen LogP contribution >= 0.6 is 0 Å². The average molecular weight is 471 g/mol. The lowest BCUT2D eigenvalue weighted by atomic mass is 10.1. The van der Waals surface area contributed by atoms with E-state index in [2.05, 4.69) is 5.32 Å². The molecule has 0 fully saturated rings. The molecule has 0 unspecified atom stereocenters. The van der Waals surface area contributed by atoms with Crippen LogP contribution in [0.15, 0.2) is 36.4 Å². The first-order valence-corrected chi connectivity index (χ1v) is 10.1. The highest BCUT2D eigenvalue weighted by Crippen LogP contribution is 2.29. The standard InChI is InChI=1S/C22H21N3O9/c1-32-9-3-8-24-20(27)15-6-4-13(10-16(15)21(24)28)22(29)34-12-19(26)23-17-11-14(33-2)5-7-18(17)25(30)31/h4-7,10-11H,3,8-9,12H2,1-2H3,(H,23,26). The Hall–Kier alpha value is -4.32. The first kappa shape index (κ1) is 24.3. The molecule has 1 heterocycles. The minimum absolute atomic E-state index is 0.0289. The number of benzene rings is 2. The molecule has 12 nitrogen and oxygen atoms in total. The summed E-state index contributed by atoms with van der Waals surface area (Å²) in [5.41, 5.74) is -0.285. The molecule has 0 aromatic heterocycles. The summed E-state index contributed by atoms with van der Waals surface area (Å²) in [6.07, 6.45) is 0.470. The fourth-order valence-corrected chi connectivity index (χ4v) is 3.29. The van der Waals surface area contributed by atoms with Crippen molar-refractivity contribution in [2.75, 3.05) is 39.3 Å². The molecular weight excluding hydrogens is 450 g/mol. The molecule has 0 bridgehead atoms. The number of amides is 3. The number of imide groups is 1. The molecule has 2 aromatic rings. The monoisotopic (exact) mass is 471 g/mol. The molecule has 1 aliphatic rings. The fourth-order valence-electron chi connectivity index (χ4n) is 3.29. The quantitative estimate of drug-likeness (QED) is 0.180. The predicted molar refractivity (Wildman–Crippen MR) is 117 cm³/mol. The molecule has 1 N–H and O–H groups in total. The van der Waals surface area contributed by atoms with Crippen LogP contribution in [0.1, 0.15) is 37.5 Å². The van der Waals surface area contributed by atoms with Crippen LogP contribution in [0.25, 0.3) is 0 Å². The third-order valence-corrected chi connectivity index (χ3v) is 4.95. The zero-order valence-electron chi connectivity index (χ0n) is 18.4. The van der Waals surface area contributed by atoms with E-state index < -0.39 is 35.2 Å². The minimum Gasteiger partial charge on any atom is -0.497 e. The number of carbonyl (C=O) groups is 4. The molecule has 0 aliphatic carbocycles. The Morgan fingerprint density at radius 1 is 1.06 bits per heavy atom. The molecule has 0 saturated carbocycles. The van der Waals surface area contributed by atoms with Crippen molar-refractivity contribution >= 4 is 35.1 Å². The van der Waals surface area contributed by atoms with Gasteiger partial charge in [0.05, 0.1) is 28.7 Å². The second kappa shape index (κ2) is 10.5. The molecule has 3 rings (SSSR count). The molecule has 178 valence electrons. The van der Waals surface area contributed by atoms with Crippen molar-refractivity contribution in [3.05, 3.63) is 63.2 Å². The van der Waals surface area contributed by atoms with E-state index in [-0.39, 0.29) is 40.4 Å². The number of ether oxygens (including phenoxy) is 3. The number of nitro groups is 1. The Labute approximate surface area is 193 Å². The van der Waals surface area contributed by atoms with Crippen molar-refractivity contribution in [2.24, 2.45) is 0 Å². The van der Waals surface area contributed by atoms with Gasteiger partial charge in [-0.2, -0.15) is 0 Å². The van der Waals surface area contributed by atoms with Crippen molar-refractivity contribution in [1.29, 1.82) is 0 Å². The van der Waals surface area contributed by atoms with E-state index >= 15 is 0 Å². The van der Waals surface area contributed by atoms with Gasteiger partial charge < -0.3 is 19.5 Å². The van der Waals surface area contributed by atoms with Gasteiger partial charge in [0.1, 0.15) is 11.4 Å². The number of nitrogens with one attached hydrogen (secondary N) is 1. The smallest absolute Gasteiger partial charge is 0.338 e. The van der Waals surface area contributed by atoms with Crippen LogP contribution in [0.4, 0.5) is 11.4 Å². The predicted octanol–water partition coefficient (Wildman–Crippen LogP) is 2.03. The third-order valence-electron chi connectivity index (χ3n) is 4.95. The number of esters is 1. The molecule has 3 amide bonds. The van der Waals surface area contributed by atoms with Crippen LogP contribution in [0.3, 0.4) is 0 Å². The van der Waals surface area contributed by atoms with Gasteiger partial charge in [0.2, 0.25) is 0 Å². The highest BCUT2D eigenvalue weighted by Gasteiger charge is 2.35. The summed E-state index contributed by atoms with van der Waals surface area (Å²) in [6.45, 7) is -0.178. The molecule has 0 spiro atoms. The highest BCUT2D eigenvalue weighted by molar-refractivity contribution is 6.22. The Kier molecular flexibility index (Phi) is 7.53. The maximum atomic E-state index is 12.6. The SMILES string of the molecule is COCCCN1C(=O)c2ccc(C(=O)OCC(=O)Nc3cc(OC)ccc3[N+](=O)[O-])cc2C1=O.